The van der Waals surface area contributed by atoms with E-state index in [9.17, 15) is 0 Å². The van der Waals surface area contributed by atoms with E-state index in [0.717, 1.165) is 0 Å². The van der Waals surface area contributed by atoms with E-state index in [0.29, 0.717) is 0 Å². The summed E-state index contributed by atoms with van der Waals surface area (Å²) in [5.41, 5.74) is 0. The van der Waals surface area contributed by atoms with E-state index in [1.165, 1.54) is 0 Å². The molecule has 0 heterocycles. The first-order chi connectivity index (χ1) is 0. The Balaban J connectivity index is 0. The van der Waals surface area contributed by atoms with Crippen molar-refractivity contribution in [3.63, 3.8) is 0 Å². The van der Waals surface area contributed by atoms with Gasteiger partial charge in [0.15, 0.2) is 0 Å². The Bertz CT molecular complexity index is 6.00. The summed E-state index contributed by atoms with van der Waals surface area (Å²) in [6.45, 7) is 0. The standard InChI is InChI=1S/Mg.2O.Sr/q+2;2*-2;+2. The van der Waals surface area contributed by atoms with Crippen molar-refractivity contribution in [1.29, 1.82) is 0 Å². The average Bonchev–Trinajstić information content (AvgIpc) is 0. The zero-order valence-corrected chi connectivity index (χ0v) is 7.12. The topological polar surface area (TPSA) is 57.0 Å². The van der Waals surface area contributed by atoms with Crippen molar-refractivity contribution in [1.82, 2.24) is 0 Å². The van der Waals surface area contributed by atoms with E-state index in [1.807, 2.05) is 0 Å². The number of hydrogen-bond acceptors (Lipinski definition) is 0. The molecule has 0 atom stereocenters. The van der Waals surface area contributed by atoms with Crippen LogP contribution in [0, 0.1) is 0 Å². The first-order valence-corrected chi connectivity index (χ1v) is 0. The fourth-order valence-corrected chi connectivity index (χ4v) is 0. The van der Waals surface area contributed by atoms with Gasteiger partial charge in [0.05, 0.1) is 0 Å². The van der Waals surface area contributed by atoms with Crippen molar-refractivity contribution >= 4 is 68.5 Å². The van der Waals surface area contributed by atoms with E-state index < -0.39 is 0 Å². The van der Waals surface area contributed by atoms with Crippen LogP contribution in [0.15, 0.2) is 0 Å². The predicted molar refractivity (Wildman–Crippen MR) is 12.9 cm³/mol. The van der Waals surface area contributed by atoms with Crippen molar-refractivity contribution in [3.05, 3.63) is 0 Å². The van der Waals surface area contributed by atoms with Gasteiger partial charge in [0.1, 0.15) is 0 Å². The van der Waals surface area contributed by atoms with Crippen LogP contribution in [0.4, 0.5) is 0 Å². The molecule has 0 aromatic carbocycles. The first kappa shape index (κ1) is 35.1. The summed E-state index contributed by atoms with van der Waals surface area (Å²) in [6.07, 6.45) is 0. The van der Waals surface area contributed by atoms with Crippen LogP contribution in [0.3, 0.4) is 0 Å². The van der Waals surface area contributed by atoms with Gasteiger partial charge < -0.3 is 11.0 Å². The Morgan fingerprint density at radius 2 is 0.750 bits per heavy atom. The molecule has 0 saturated heterocycles. The van der Waals surface area contributed by atoms with Gasteiger partial charge in [0, 0.05) is 0 Å². The maximum absolute atomic E-state index is 0. The van der Waals surface area contributed by atoms with Gasteiger partial charge in [-0.05, 0) is 0 Å². The molecule has 0 aromatic rings. The summed E-state index contributed by atoms with van der Waals surface area (Å²) < 4.78 is 0. The third-order valence-corrected chi connectivity index (χ3v) is 0. The van der Waals surface area contributed by atoms with Crippen LogP contribution in [-0.4, -0.2) is 68.5 Å². The molecule has 0 saturated carbocycles. The van der Waals surface area contributed by atoms with Gasteiger partial charge in [-0.15, -0.1) is 0 Å². The molecular weight excluding hydrogens is 144 g/mol. The Kier molecular flexibility index (Phi) is 167. The summed E-state index contributed by atoms with van der Waals surface area (Å²) in [5, 5.41) is 0. The number of hydrogen-bond donors (Lipinski definition) is 0. The maximum Gasteiger partial charge on any atom is 2.00 e. The molecule has 0 rings (SSSR count). The second-order valence-electron chi connectivity index (χ2n) is 0. The normalized spacial score (nSPS) is 0. The fraction of sp³-hybridized carbons (Fsp3) is 0. The zero-order chi connectivity index (χ0) is 0. The molecule has 0 bridgehead atoms. The molecule has 4 heavy (non-hydrogen) atoms. The van der Waals surface area contributed by atoms with Gasteiger partial charge in [-0.25, -0.2) is 0 Å². The minimum absolute atomic E-state index is 0. The molecule has 0 spiro atoms. The Morgan fingerprint density at radius 3 is 0.750 bits per heavy atom. The summed E-state index contributed by atoms with van der Waals surface area (Å²) >= 11 is 0. The fourth-order valence-electron chi connectivity index (χ4n) is 0. The molecule has 0 aliphatic carbocycles. The SMILES string of the molecule is [Mg+2].[O-2].[O-2].[Sr+2]. The van der Waals surface area contributed by atoms with E-state index in [-0.39, 0.29) is 79.5 Å². The molecule has 0 amide bonds. The van der Waals surface area contributed by atoms with Crippen molar-refractivity contribution in [3.8, 4) is 0 Å². The van der Waals surface area contributed by atoms with E-state index >= 15 is 0 Å². The van der Waals surface area contributed by atoms with Crippen molar-refractivity contribution in [2.24, 2.45) is 0 Å². The molecule has 0 radical (unpaired) electrons. The van der Waals surface area contributed by atoms with Crippen LogP contribution in [0.5, 0.6) is 0 Å². The molecule has 4 heteroatoms. The van der Waals surface area contributed by atoms with E-state index in [4.69, 9.17) is 0 Å². The van der Waals surface area contributed by atoms with E-state index in [1.54, 1.807) is 0 Å². The van der Waals surface area contributed by atoms with Crippen molar-refractivity contribution in [2.45, 2.75) is 0 Å². The van der Waals surface area contributed by atoms with Crippen LogP contribution >= 0.6 is 0 Å². The maximum atomic E-state index is 0. The van der Waals surface area contributed by atoms with Gasteiger partial charge in [-0.2, -0.15) is 0 Å². The average molecular weight is 144 g/mol. The van der Waals surface area contributed by atoms with Crippen LogP contribution in [0.25, 0.3) is 0 Å². The first-order valence-electron chi connectivity index (χ1n) is 0. The molecule has 0 aromatic heterocycles. The summed E-state index contributed by atoms with van der Waals surface area (Å²) in [4.78, 5) is 0. The largest absolute Gasteiger partial charge is 2.00 e. The van der Waals surface area contributed by atoms with Crippen LogP contribution in [-0.2, 0) is 11.0 Å². The van der Waals surface area contributed by atoms with Crippen LogP contribution in [0.2, 0.25) is 0 Å². The monoisotopic (exact) mass is 144 g/mol. The molecule has 0 N–H and O–H groups in total. The van der Waals surface area contributed by atoms with Gasteiger partial charge in [-0.1, -0.05) is 0 Å². The minimum Gasteiger partial charge on any atom is -2.00 e. The molecule has 0 aliphatic heterocycles. The predicted octanol–water partition coefficient (Wildman–Crippen LogP) is -0.999. The van der Waals surface area contributed by atoms with Crippen LogP contribution < -0.4 is 0 Å². The van der Waals surface area contributed by atoms with E-state index in [2.05, 4.69) is 0 Å². The van der Waals surface area contributed by atoms with Gasteiger partial charge in [0.2, 0.25) is 0 Å². The molecule has 0 fully saturated rings. The van der Waals surface area contributed by atoms with Gasteiger partial charge in [0.25, 0.3) is 0 Å². The summed E-state index contributed by atoms with van der Waals surface area (Å²) in [6, 6.07) is 0. The zero-order valence-electron chi connectivity index (χ0n) is 2.23. The van der Waals surface area contributed by atoms with Crippen molar-refractivity contribution < 1.29 is 11.0 Å². The third-order valence-electron chi connectivity index (χ3n) is 0. The smallest absolute Gasteiger partial charge is 2.00 e. The Labute approximate surface area is 78.0 Å². The molecule has 0 aliphatic rings. The van der Waals surface area contributed by atoms with Crippen molar-refractivity contribution in [2.75, 3.05) is 0 Å². The summed E-state index contributed by atoms with van der Waals surface area (Å²) in [7, 11) is 0. The molecule has 16 valence electrons. The van der Waals surface area contributed by atoms with Gasteiger partial charge in [-0.3, -0.25) is 0 Å². The van der Waals surface area contributed by atoms with Crippen LogP contribution in [0.1, 0.15) is 0 Å². The Morgan fingerprint density at radius 1 is 0.750 bits per heavy atom. The number of rotatable bonds is 0. The Hall–Kier alpha value is 2.17. The third kappa shape index (κ3) is 8.90. The molecule has 0 unspecified atom stereocenters. The second kappa shape index (κ2) is 19.1. The quantitative estimate of drug-likeness (QED) is 0.391. The minimum atomic E-state index is 0. The summed E-state index contributed by atoms with van der Waals surface area (Å²) in [5.74, 6) is 0. The van der Waals surface area contributed by atoms with Gasteiger partial charge >= 0.3 is 68.5 Å². The second-order valence-corrected chi connectivity index (χ2v) is 0. The molecule has 2 nitrogen and oxygen atoms in total. The molecular formula is MgO2Sr.